The predicted octanol–water partition coefficient (Wildman–Crippen LogP) is 2.06. The van der Waals surface area contributed by atoms with E-state index in [4.69, 9.17) is 17.3 Å². The highest BCUT2D eigenvalue weighted by Crippen LogP contribution is 2.26. The Balaban J connectivity index is 1.91. The SMILES string of the molecule is CC(NC(=O)Cn1ccc(N)n1)c1ccc(Cl)s1. The fraction of sp³-hybridized carbons (Fsp3) is 0.273. The molecular formula is C11H13ClN4OS. The van der Waals surface area contributed by atoms with Crippen LogP contribution in [0.5, 0.6) is 0 Å². The largest absolute Gasteiger partial charge is 0.382 e. The summed E-state index contributed by atoms with van der Waals surface area (Å²) in [6.07, 6.45) is 1.67. The highest BCUT2D eigenvalue weighted by molar-refractivity contribution is 7.16. The minimum absolute atomic E-state index is 0.0668. The number of amides is 1. The fourth-order valence-electron chi connectivity index (χ4n) is 1.53. The third-order valence-corrected chi connectivity index (χ3v) is 3.78. The molecule has 0 spiro atoms. The molecule has 2 aromatic rings. The maximum Gasteiger partial charge on any atom is 0.242 e. The van der Waals surface area contributed by atoms with Gasteiger partial charge in [-0.15, -0.1) is 11.3 Å². The van der Waals surface area contributed by atoms with Crippen molar-refractivity contribution >= 4 is 34.7 Å². The predicted molar refractivity (Wildman–Crippen MR) is 72.5 cm³/mol. The van der Waals surface area contributed by atoms with Gasteiger partial charge in [0.2, 0.25) is 5.91 Å². The number of carbonyl (C=O) groups is 1. The Hall–Kier alpha value is -1.53. The molecule has 2 aromatic heterocycles. The molecule has 0 saturated heterocycles. The van der Waals surface area contributed by atoms with Crippen molar-refractivity contribution in [2.75, 3.05) is 5.73 Å². The van der Waals surface area contributed by atoms with Gasteiger partial charge in [0.25, 0.3) is 0 Å². The van der Waals surface area contributed by atoms with Gasteiger partial charge in [0, 0.05) is 11.1 Å². The van der Waals surface area contributed by atoms with Crippen LogP contribution in [0.2, 0.25) is 4.34 Å². The average molecular weight is 285 g/mol. The van der Waals surface area contributed by atoms with E-state index in [1.807, 2.05) is 19.1 Å². The second kappa shape index (κ2) is 5.41. The van der Waals surface area contributed by atoms with Gasteiger partial charge in [-0.05, 0) is 25.1 Å². The molecule has 1 unspecified atom stereocenters. The summed E-state index contributed by atoms with van der Waals surface area (Å²) in [6.45, 7) is 2.07. The molecule has 0 radical (unpaired) electrons. The van der Waals surface area contributed by atoms with Crippen LogP contribution in [0.4, 0.5) is 5.82 Å². The molecular weight excluding hydrogens is 272 g/mol. The quantitative estimate of drug-likeness (QED) is 0.902. The summed E-state index contributed by atoms with van der Waals surface area (Å²) in [4.78, 5) is 12.8. The molecule has 1 amide bonds. The van der Waals surface area contributed by atoms with Crippen molar-refractivity contribution < 1.29 is 4.79 Å². The molecule has 2 heterocycles. The Bertz CT molecular complexity index is 551. The maximum absolute atomic E-state index is 11.8. The standard InChI is InChI=1S/C11H13ClN4OS/c1-7(8-2-3-9(12)18-8)14-11(17)6-16-5-4-10(13)15-16/h2-5,7H,6H2,1H3,(H2,13,15)(H,14,17). The molecule has 0 bridgehead atoms. The van der Waals surface area contributed by atoms with E-state index in [2.05, 4.69) is 10.4 Å². The number of halogens is 1. The van der Waals surface area contributed by atoms with Crippen LogP contribution in [0, 0.1) is 0 Å². The van der Waals surface area contributed by atoms with Gasteiger partial charge >= 0.3 is 0 Å². The van der Waals surface area contributed by atoms with Crippen LogP contribution in [0.1, 0.15) is 17.8 Å². The topological polar surface area (TPSA) is 72.9 Å². The summed E-state index contributed by atoms with van der Waals surface area (Å²) in [5, 5.41) is 6.83. The van der Waals surface area contributed by atoms with Crippen molar-refractivity contribution in [3.63, 3.8) is 0 Å². The van der Waals surface area contributed by atoms with Crippen molar-refractivity contribution in [3.8, 4) is 0 Å². The van der Waals surface area contributed by atoms with E-state index in [1.165, 1.54) is 16.0 Å². The molecule has 3 N–H and O–H groups in total. The first-order valence-corrected chi connectivity index (χ1v) is 6.57. The van der Waals surface area contributed by atoms with Crippen LogP contribution in [0.3, 0.4) is 0 Å². The van der Waals surface area contributed by atoms with E-state index in [0.717, 1.165) is 4.88 Å². The van der Waals surface area contributed by atoms with Gasteiger partial charge in [0.1, 0.15) is 12.4 Å². The number of carbonyl (C=O) groups excluding carboxylic acids is 1. The molecule has 0 aliphatic heterocycles. The van der Waals surface area contributed by atoms with Crippen LogP contribution in [-0.2, 0) is 11.3 Å². The van der Waals surface area contributed by atoms with Gasteiger partial charge in [-0.2, -0.15) is 5.10 Å². The van der Waals surface area contributed by atoms with Gasteiger partial charge in [-0.25, -0.2) is 0 Å². The number of nitrogen functional groups attached to an aromatic ring is 1. The van der Waals surface area contributed by atoms with Crippen LogP contribution >= 0.6 is 22.9 Å². The summed E-state index contributed by atoms with van der Waals surface area (Å²) < 4.78 is 2.21. The number of thiophene rings is 1. The molecule has 18 heavy (non-hydrogen) atoms. The molecule has 0 aliphatic rings. The van der Waals surface area contributed by atoms with Crippen molar-refractivity contribution in [1.29, 1.82) is 0 Å². The second-order valence-electron chi connectivity index (χ2n) is 3.87. The van der Waals surface area contributed by atoms with Crippen molar-refractivity contribution in [1.82, 2.24) is 15.1 Å². The Labute approximate surface area is 114 Å². The smallest absolute Gasteiger partial charge is 0.242 e. The zero-order valence-electron chi connectivity index (χ0n) is 9.76. The number of nitrogens with two attached hydrogens (primary N) is 1. The molecule has 0 aliphatic carbocycles. The first-order valence-electron chi connectivity index (χ1n) is 5.38. The number of nitrogens with one attached hydrogen (secondary N) is 1. The van der Waals surface area contributed by atoms with Gasteiger partial charge in [-0.1, -0.05) is 11.6 Å². The molecule has 0 aromatic carbocycles. The third-order valence-electron chi connectivity index (χ3n) is 2.37. The number of rotatable bonds is 4. The molecule has 0 fully saturated rings. The lowest BCUT2D eigenvalue weighted by atomic mass is 10.3. The Morgan fingerprint density at radius 1 is 1.61 bits per heavy atom. The lowest BCUT2D eigenvalue weighted by Gasteiger charge is -2.12. The van der Waals surface area contributed by atoms with Crippen molar-refractivity contribution in [3.05, 3.63) is 33.6 Å². The van der Waals surface area contributed by atoms with Crippen molar-refractivity contribution in [2.45, 2.75) is 19.5 Å². The average Bonchev–Trinajstić information content (AvgIpc) is 2.87. The highest BCUT2D eigenvalue weighted by Gasteiger charge is 2.12. The summed E-state index contributed by atoms with van der Waals surface area (Å²) in [7, 11) is 0. The maximum atomic E-state index is 11.8. The molecule has 2 rings (SSSR count). The molecule has 96 valence electrons. The minimum Gasteiger partial charge on any atom is -0.382 e. The molecule has 5 nitrogen and oxygen atoms in total. The van der Waals surface area contributed by atoms with Gasteiger partial charge in [-0.3, -0.25) is 9.48 Å². The first-order chi connectivity index (χ1) is 8.54. The number of nitrogens with zero attached hydrogens (tertiary/aromatic N) is 2. The van der Waals surface area contributed by atoms with Gasteiger partial charge in [0.15, 0.2) is 0 Å². The monoisotopic (exact) mass is 284 g/mol. The summed E-state index contributed by atoms with van der Waals surface area (Å²) in [6, 6.07) is 5.31. The van der Waals surface area contributed by atoms with E-state index >= 15 is 0 Å². The van der Waals surface area contributed by atoms with E-state index in [1.54, 1.807) is 12.3 Å². The van der Waals surface area contributed by atoms with E-state index in [9.17, 15) is 4.79 Å². The van der Waals surface area contributed by atoms with Crippen LogP contribution in [0.15, 0.2) is 24.4 Å². The number of hydrogen-bond acceptors (Lipinski definition) is 4. The van der Waals surface area contributed by atoms with Crippen LogP contribution in [0.25, 0.3) is 0 Å². The van der Waals surface area contributed by atoms with Crippen molar-refractivity contribution in [2.24, 2.45) is 0 Å². The lowest BCUT2D eigenvalue weighted by molar-refractivity contribution is -0.122. The Morgan fingerprint density at radius 3 is 2.94 bits per heavy atom. The normalized spacial score (nSPS) is 12.3. The summed E-state index contributed by atoms with van der Waals surface area (Å²) in [5.74, 6) is 0.288. The second-order valence-corrected chi connectivity index (χ2v) is 5.62. The summed E-state index contributed by atoms with van der Waals surface area (Å²) in [5.41, 5.74) is 5.47. The minimum atomic E-state index is -0.116. The summed E-state index contributed by atoms with van der Waals surface area (Å²) >= 11 is 7.31. The molecule has 1 atom stereocenters. The Kier molecular flexibility index (Phi) is 3.88. The van der Waals surface area contributed by atoms with E-state index in [0.29, 0.717) is 10.2 Å². The number of hydrogen-bond donors (Lipinski definition) is 2. The number of anilines is 1. The lowest BCUT2D eigenvalue weighted by Crippen LogP contribution is -2.29. The Morgan fingerprint density at radius 2 is 2.39 bits per heavy atom. The fourth-order valence-corrected chi connectivity index (χ4v) is 2.60. The van der Waals surface area contributed by atoms with Gasteiger partial charge < -0.3 is 11.1 Å². The first kappa shape index (κ1) is 12.9. The van der Waals surface area contributed by atoms with E-state index < -0.39 is 0 Å². The highest BCUT2D eigenvalue weighted by atomic mass is 35.5. The third kappa shape index (κ3) is 3.24. The zero-order valence-corrected chi connectivity index (χ0v) is 11.3. The van der Waals surface area contributed by atoms with Crippen LogP contribution in [-0.4, -0.2) is 15.7 Å². The van der Waals surface area contributed by atoms with Gasteiger partial charge in [0.05, 0.1) is 10.4 Å². The van der Waals surface area contributed by atoms with Crippen LogP contribution < -0.4 is 11.1 Å². The van der Waals surface area contributed by atoms with E-state index in [-0.39, 0.29) is 18.5 Å². The molecule has 0 saturated carbocycles. The molecule has 7 heteroatoms. The number of aromatic nitrogens is 2. The zero-order chi connectivity index (χ0) is 13.1.